The molecule has 3 atom stereocenters. The monoisotopic (exact) mass is 1010 g/mol. The van der Waals surface area contributed by atoms with Crippen LogP contribution >= 0.6 is 7.82 Å². The lowest BCUT2D eigenvalue weighted by Gasteiger charge is -2.26. The lowest BCUT2D eigenvalue weighted by molar-refractivity contribution is -0.870. The summed E-state index contributed by atoms with van der Waals surface area (Å²) in [4.78, 5) is 23.4. The smallest absolute Gasteiger partial charge is 0.391 e. The second-order valence-electron chi connectivity index (χ2n) is 23.2. The van der Waals surface area contributed by atoms with Crippen molar-refractivity contribution in [2.24, 2.45) is 0 Å². The molecule has 0 aliphatic rings. The molecule has 0 heterocycles. The normalized spacial score (nSPS) is 13.8. The van der Waals surface area contributed by atoms with Crippen molar-refractivity contribution in [2.75, 3.05) is 40.9 Å². The number of likely N-dealkylation sites (N-methyl/N-ethyl adjacent to an activating group) is 1. The zero-order valence-electron chi connectivity index (χ0n) is 48.1. The van der Waals surface area contributed by atoms with E-state index in [1.165, 1.54) is 270 Å². The van der Waals surface area contributed by atoms with Gasteiger partial charge in [-0.15, -0.1) is 0 Å². The van der Waals surface area contributed by atoms with Crippen molar-refractivity contribution in [1.29, 1.82) is 0 Å². The molecule has 3 unspecified atom stereocenters. The van der Waals surface area contributed by atoms with Gasteiger partial charge in [-0.3, -0.25) is 13.8 Å². The molecule has 8 nitrogen and oxygen atoms in total. The van der Waals surface area contributed by atoms with E-state index in [1.54, 1.807) is 0 Å². The zero-order chi connectivity index (χ0) is 51.3. The first-order valence-corrected chi connectivity index (χ1v) is 32.9. The maximum absolute atomic E-state index is 13.0. The highest BCUT2D eigenvalue weighted by Crippen LogP contribution is 2.43. The average molecular weight is 1010 g/mol. The van der Waals surface area contributed by atoms with E-state index in [-0.39, 0.29) is 19.1 Å². The molecule has 0 rings (SSSR count). The molecule has 0 aliphatic heterocycles. The van der Waals surface area contributed by atoms with Crippen molar-refractivity contribution >= 4 is 13.7 Å². The van der Waals surface area contributed by atoms with Gasteiger partial charge >= 0.3 is 7.82 Å². The van der Waals surface area contributed by atoms with Crippen molar-refractivity contribution in [3.63, 3.8) is 0 Å². The lowest BCUT2D eigenvalue weighted by Crippen LogP contribution is -2.46. The summed E-state index contributed by atoms with van der Waals surface area (Å²) in [6.45, 7) is 4.95. The van der Waals surface area contributed by atoms with Crippen LogP contribution in [-0.4, -0.2) is 73.4 Å². The Balaban J connectivity index is 3.95. The highest BCUT2D eigenvalue weighted by Gasteiger charge is 2.28. The molecule has 0 aromatic rings. The standard InChI is InChI=1S/C61H125N2O6P/c1-6-8-10-12-14-16-18-20-22-24-25-26-27-28-29-30-31-32-33-34-35-36-37-38-39-41-43-45-47-49-51-53-55-61(65)62-59(58-69-70(66,67)68-57-56-63(3,4)5)60(64)54-52-50-48-46-44-42-40-23-21-19-17-15-13-11-9-7-2/h59-60,64H,6-58H2,1-5H3,(H-,62,65,66,67)/p+1. The molecule has 1 amide bonds. The second-order valence-corrected chi connectivity index (χ2v) is 24.6. The Morgan fingerprint density at radius 3 is 0.957 bits per heavy atom. The maximum Gasteiger partial charge on any atom is 0.472 e. The summed E-state index contributed by atoms with van der Waals surface area (Å²) in [6.07, 6.45) is 64.7. The van der Waals surface area contributed by atoms with Crippen LogP contribution in [0, 0.1) is 0 Å². The van der Waals surface area contributed by atoms with Crippen LogP contribution < -0.4 is 5.32 Å². The van der Waals surface area contributed by atoms with E-state index >= 15 is 0 Å². The molecule has 0 aromatic heterocycles. The molecule has 0 fully saturated rings. The van der Waals surface area contributed by atoms with E-state index in [1.807, 2.05) is 21.1 Å². The molecule has 3 N–H and O–H groups in total. The molecular formula is C61H126N2O6P+. The molecular weight excluding hydrogens is 888 g/mol. The van der Waals surface area contributed by atoms with Crippen molar-refractivity contribution in [2.45, 2.75) is 347 Å². The minimum atomic E-state index is -4.32. The summed E-state index contributed by atoms with van der Waals surface area (Å²) < 4.78 is 23.8. The van der Waals surface area contributed by atoms with Gasteiger partial charge in [-0.05, 0) is 12.8 Å². The number of amides is 1. The Hall–Kier alpha value is -0.500. The molecule has 0 aliphatic carbocycles. The van der Waals surface area contributed by atoms with E-state index in [0.29, 0.717) is 23.9 Å². The van der Waals surface area contributed by atoms with Gasteiger partial charge in [-0.2, -0.15) is 0 Å². The number of aliphatic hydroxyl groups is 1. The van der Waals surface area contributed by atoms with Crippen LogP contribution in [-0.2, 0) is 18.4 Å². The summed E-state index contributed by atoms with van der Waals surface area (Å²) in [5, 5.41) is 14.1. The Morgan fingerprint density at radius 2 is 0.686 bits per heavy atom. The van der Waals surface area contributed by atoms with Gasteiger partial charge in [0, 0.05) is 6.42 Å². The summed E-state index contributed by atoms with van der Waals surface area (Å²) in [5.41, 5.74) is 0. The van der Waals surface area contributed by atoms with Crippen LogP contribution in [0.3, 0.4) is 0 Å². The van der Waals surface area contributed by atoms with E-state index in [2.05, 4.69) is 19.2 Å². The molecule has 0 saturated heterocycles. The topological polar surface area (TPSA) is 105 Å². The van der Waals surface area contributed by atoms with Crippen molar-refractivity contribution in [3.05, 3.63) is 0 Å². The van der Waals surface area contributed by atoms with Gasteiger partial charge < -0.3 is 19.8 Å². The highest BCUT2D eigenvalue weighted by molar-refractivity contribution is 7.47. The SMILES string of the molecule is CCCCCCCCCCCCCCCCCCCCCCCCCCCCCCCCCCC(=O)NC(COP(=O)(O)OCC[N+](C)(C)C)C(O)CCCCCCCCCCCCCCCCCC. The van der Waals surface area contributed by atoms with E-state index in [0.717, 1.165) is 38.5 Å². The number of nitrogens with one attached hydrogen (secondary N) is 1. The summed E-state index contributed by atoms with van der Waals surface area (Å²) >= 11 is 0. The molecule has 0 saturated carbocycles. The van der Waals surface area contributed by atoms with Crippen molar-refractivity contribution < 1.29 is 32.9 Å². The third-order valence-electron chi connectivity index (χ3n) is 14.9. The van der Waals surface area contributed by atoms with E-state index < -0.39 is 20.0 Å². The van der Waals surface area contributed by atoms with Crippen LogP contribution in [0.2, 0.25) is 0 Å². The Bertz CT molecular complexity index is 1100. The van der Waals surface area contributed by atoms with Gasteiger partial charge in [0.1, 0.15) is 13.2 Å². The number of quaternary nitrogens is 1. The quantitative estimate of drug-likeness (QED) is 0.0318. The summed E-state index contributed by atoms with van der Waals surface area (Å²) in [5.74, 6) is -0.135. The van der Waals surface area contributed by atoms with E-state index in [9.17, 15) is 19.4 Å². The van der Waals surface area contributed by atoms with E-state index in [4.69, 9.17) is 9.05 Å². The molecule has 0 radical (unpaired) electrons. The number of nitrogens with zero attached hydrogens (tertiary/aromatic N) is 1. The summed E-state index contributed by atoms with van der Waals surface area (Å²) in [7, 11) is 1.64. The Kier molecular flexibility index (Phi) is 52.9. The predicted octanol–water partition coefficient (Wildman–Crippen LogP) is 19.2. The minimum Gasteiger partial charge on any atom is -0.391 e. The maximum atomic E-state index is 13.0. The molecule has 0 aromatic carbocycles. The first-order valence-electron chi connectivity index (χ1n) is 31.4. The average Bonchev–Trinajstić information content (AvgIpc) is 3.32. The third-order valence-corrected chi connectivity index (χ3v) is 15.8. The largest absolute Gasteiger partial charge is 0.472 e. The van der Waals surface area contributed by atoms with Crippen LogP contribution in [0.1, 0.15) is 335 Å². The Labute approximate surface area is 438 Å². The van der Waals surface area contributed by atoms with Gasteiger partial charge in [0.2, 0.25) is 5.91 Å². The Morgan fingerprint density at radius 1 is 0.429 bits per heavy atom. The number of carbonyl (C=O) groups is 1. The van der Waals surface area contributed by atoms with Crippen LogP contribution in [0.25, 0.3) is 0 Å². The number of hydrogen-bond donors (Lipinski definition) is 3. The van der Waals surface area contributed by atoms with Crippen LogP contribution in [0.4, 0.5) is 0 Å². The zero-order valence-corrected chi connectivity index (χ0v) is 48.9. The van der Waals surface area contributed by atoms with Gasteiger partial charge in [0.15, 0.2) is 0 Å². The molecule has 420 valence electrons. The van der Waals surface area contributed by atoms with Crippen molar-refractivity contribution in [1.82, 2.24) is 5.32 Å². The number of phosphoric ester groups is 1. The van der Waals surface area contributed by atoms with Gasteiger partial charge in [0.05, 0.1) is 39.9 Å². The number of carbonyl (C=O) groups excluding carboxylic acids is 1. The van der Waals surface area contributed by atoms with Gasteiger partial charge in [0.25, 0.3) is 0 Å². The molecule has 9 heteroatoms. The number of hydrogen-bond acceptors (Lipinski definition) is 5. The van der Waals surface area contributed by atoms with Crippen LogP contribution in [0.5, 0.6) is 0 Å². The molecule has 0 spiro atoms. The van der Waals surface area contributed by atoms with Gasteiger partial charge in [-0.25, -0.2) is 4.57 Å². The molecule has 70 heavy (non-hydrogen) atoms. The fourth-order valence-corrected chi connectivity index (χ4v) is 10.7. The predicted molar refractivity (Wildman–Crippen MR) is 305 cm³/mol. The fourth-order valence-electron chi connectivity index (χ4n) is 9.93. The van der Waals surface area contributed by atoms with Crippen LogP contribution in [0.15, 0.2) is 0 Å². The summed E-state index contributed by atoms with van der Waals surface area (Å²) in [6, 6.07) is -0.755. The molecule has 0 bridgehead atoms. The number of aliphatic hydroxyl groups excluding tert-OH is 1. The number of rotatable bonds is 59. The first-order chi connectivity index (χ1) is 34.0. The fraction of sp³-hybridized carbons (Fsp3) is 0.984. The highest BCUT2D eigenvalue weighted by atomic mass is 31.2. The van der Waals surface area contributed by atoms with Crippen molar-refractivity contribution in [3.8, 4) is 0 Å². The third kappa shape index (κ3) is 55.3. The number of phosphoric acid groups is 1. The lowest BCUT2D eigenvalue weighted by atomic mass is 10.0. The minimum absolute atomic E-state index is 0.0791. The van der Waals surface area contributed by atoms with Gasteiger partial charge in [-0.1, -0.05) is 316 Å². The second kappa shape index (κ2) is 53.3. The number of unbranched alkanes of at least 4 members (excludes halogenated alkanes) is 46. The first kappa shape index (κ1) is 69.5.